The summed E-state index contributed by atoms with van der Waals surface area (Å²) < 4.78 is 2.15. The Morgan fingerprint density at radius 2 is 2.42 bits per heavy atom. The van der Waals surface area contributed by atoms with Gasteiger partial charge in [-0.1, -0.05) is 0 Å². The van der Waals surface area contributed by atoms with Crippen molar-refractivity contribution < 1.29 is 4.79 Å². The Morgan fingerprint density at radius 1 is 1.58 bits per heavy atom. The van der Waals surface area contributed by atoms with Crippen molar-refractivity contribution in [3.05, 3.63) is 28.6 Å². The third-order valence-electron chi connectivity index (χ3n) is 1.47. The fourth-order valence-electron chi connectivity index (χ4n) is 0.953. The first-order valence-electron chi connectivity index (χ1n) is 3.27. The highest BCUT2D eigenvalue weighted by Crippen LogP contribution is 2.15. The minimum atomic E-state index is 0.369. The van der Waals surface area contributed by atoms with Gasteiger partial charge in [0.2, 0.25) is 0 Å². The maximum Gasteiger partial charge on any atom is 0.171 e. The second kappa shape index (κ2) is 2.67. The van der Waals surface area contributed by atoms with E-state index in [0.717, 1.165) is 0 Å². The third kappa shape index (κ3) is 0.937. The lowest BCUT2D eigenvalue weighted by molar-refractivity contribution is 0.111. The number of aldehydes is 1. The van der Waals surface area contributed by atoms with E-state index in [-0.39, 0.29) is 0 Å². The van der Waals surface area contributed by atoms with Crippen molar-refractivity contribution in [2.75, 3.05) is 0 Å². The summed E-state index contributed by atoms with van der Waals surface area (Å²) in [7, 11) is 0. The molecular weight excluding hydrogens is 222 g/mol. The fraction of sp³-hybridized carbons (Fsp3) is 0. The van der Waals surface area contributed by atoms with Crippen LogP contribution in [0.15, 0.2) is 22.9 Å². The van der Waals surface area contributed by atoms with Gasteiger partial charge in [0.25, 0.3) is 0 Å². The minimum absolute atomic E-state index is 0.369. The molecule has 0 aliphatic rings. The molecule has 0 fully saturated rings. The Balaban J connectivity index is 2.87. The molecule has 4 nitrogen and oxygen atoms in total. The molecule has 0 atom stereocenters. The van der Waals surface area contributed by atoms with E-state index in [1.165, 1.54) is 0 Å². The molecule has 2 aromatic rings. The van der Waals surface area contributed by atoms with Gasteiger partial charge >= 0.3 is 0 Å². The highest BCUT2D eigenvalue weighted by atomic mass is 79.9. The minimum Gasteiger partial charge on any atom is -0.296 e. The lowest BCUT2D eigenvalue weighted by atomic mass is 10.5. The molecule has 0 aliphatic carbocycles. The van der Waals surface area contributed by atoms with Gasteiger partial charge in [0.1, 0.15) is 10.3 Å². The Labute approximate surface area is 76.4 Å². The predicted molar refractivity (Wildman–Crippen MR) is 46.1 cm³/mol. The second-order valence-electron chi connectivity index (χ2n) is 2.20. The van der Waals surface area contributed by atoms with Gasteiger partial charge in [-0.25, -0.2) is 9.50 Å². The number of hydrogen-bond donors (Lipinski definition) is 0. The average molecular weight is 226 g/mol. The molecule has 2 rings (SSSR count). The first-order chi connectivity index (χ1) is 5.83. The van der Waals surface area contributed by atoms with Crippen molar-refractivity contribution in [3.63, 3.8) is 0 Å². The first kappa shape index (κ1) is 7.42. The van der Waals surface area contributed by atoms with Crippen LogP contribution >= 0.6 is 15.9 Å². The number of nitrogens with zero attached hydrogens (tertiary/aromatic N) is 3. The molecule has 5 heteroatoms. The number of carbonyl (C=O) groups is 1. The Hall–Kier alpha value is -1.23. The summed E-state index contributed by atoms with van der Waals surface area (Å²) in [6.07, 6.45) is 2.33. The summed E-state index contributed by atoms with van der Waals surface area (Å²) in [5.41, 5.74) is 1.03. The van der Waals surface area contributed by atoms with Gasteiger partial charge in [0, 0.05) is 6.20 Å². The molecule has 2 aromatic heterocycles. The molecule has 0 radical (unpaired) electrons. The standard InChI is InChI=1S/C7H4BrN3O/c8-7-5(4-12)10-6-2-1-3-9-11(6)7/h1-4H. The van der Waals surface area contributed by atoms with E-state index in [4.69, 9.17) is 0 Å². The third-order valence-corrected chi connectivity index (χ3v) is 2.22. The van der Waals surface area contributed by atoms with Crippen LogP contribution in [0.1, 0.15) is 10.5 Å². The molecular formula is C7H4BrN3O. The lowest BCUT2D eigenvalue weighted by Crippen LogP contribution is -1.89. The Bertz CT molecular complexity index is 437. The van der Waals surface area contributed by atoms with Crippen molar-refractivity contribution in [2.24, 2.45) is 0 Å². The number of imidazole rings is 1. The molecule has 2 heterocycles. The summed E-state index contributed by atoms with van der Waals surface area (Å²) in [4.78, 5) is 14.5. The molecule has 0 N–H and O–H groups in total. The van der Waals surface area contributed by atoms with Gasteiger partial charge in [-0.2, -0.15) is 5.10 Å². The van der Waals surface area contributed by atoms with Gasteiger partial charge in [-0.3, -0.25) is 4.79 Å². The van der Waals surface area contributed by atoms with Crippen molar-refractivity contribution in [1.29, 1.82) is 0 Å². The zero-order valence-corrected chi connectivity index (χ0v) is 7.52. The Morgan fingerprint density at radius 3 is 3.08 bits per heavy atom. The number of carbonyl (C=O) groups excluding carboxylic acids is 1. The van der Waals surface area contributed by atoms with Crippen LogP contribution in [-0.2, 0) is 0 Å². The van der Waals surface area contributed by atoms with Gasteiger partial charge in [-0.15, -0.1) is 0 Å². The van der Waals surface area contributed by atoms with Crippen LogP contribution < -0.4 is 0 Å². The maximum absolute atomic E-state index is 10.5. The number of aromatic nitrogens is 3. The van der Waals surface area contributed by atoms with Crippen LogP contribution in [0.2, 0.25) is 0 Å². The molecule has 0 aliphatic heterocycles. The first-order valence-corrected chi connectivity index (χ1v) is 4.06. The smallest absolute Gasteiger partial charge is 0.171 e. The molecule has 0 spiro atoms. The monoisotopic (exact) mass is 225 g/mol. The Kier molecular flexibility index (Phi) is 1.65. The SMILES string of the molecule is O=Cc1nc2cccnn2c1Br. The van der Waals surface area contributed by atoms with E-state index < -0.39 is 0 Å². The molecule has 0 aromatic carbocycles. The molecule has 0 saturated heterocycles. The summed E-state index contributed by atoms with van der Waals surface area (Å²) in [6, 6.07) is 3.55. The van der Waals surface area contributed by atoms with Gasteiger partial charge < -0.3 is 0 Å². The van der Waals surface area contributed by atoms with E-state index in [1.807, 2.05) is 0 Å². The maximum atomic E-state index is 10.5. The normalized spacial score (nSPS) is 10.4. The average Bonchev–Trinajstić information content (AvgIpc) is 2.44. The van der Waals surface area contributed by atoms with Gasteiger partial charge in [0.15, 0.2) is 11.9 Å². The van der Waals surface area contributed by atoms with Crippen molar-refractivity contribution >= 4 is 27.9 Å². The summed E-state index contributed by atoms with van der Waals surface area (Å²) in [6.45, 7) is 0. The van der Waals surface area contributed by atoms with Crippen LogP contribution in [0.3, 0.4) is 0 Å². The molecule has 0 amide bonds. The van der Waals surface area contributed by atoms with Crippen molar-refractivity contribution in [3.8, 4) is 0 Å². The van der Waals surface area contributed by atoms with E-state index in [0.29, 0.717) is 22.2 Å². The summed E-state index contributed by atoms with van der Waals surface area (Å²) >= 11 is 3.22. The molecule has 60 valence electrons. The van der Waals surface area contributed by atoms with E-state index >= 15 is 0 Å². The molecule has 12 heavy (non-hydrogen) atoms. The molecule has 0 unspecified atom stereocenters. The summed E-state index contributed by atoms with van der Waals surface area (Å²) in [5.74, 6) is 0. The van der Waals surface area contributed by atoms with Crippen LogP contribution in [0.4, 0.5) is 0 Å². The zero-order chi connectivity index (χ0) is 8.55. The van der Waals surface area contributed by atoms with Crippen molar-refractivity contribution in [2.45, 2.75) is 0 Å². The van der Waals surface area contributed by atoms with E-state index in [2.05, 4.69) is 26.0 Å². The van der Waals surface area contributed by atoms with Gasteiger partial charge in [-0.05, 0) is 28.1 Å². The lowest BCUT2D eigenvalue weighted by Gasteiger charge is -1.89. The van der Waals surface area contributed by atoms with Crippen molar-refractivity contribution in [1.82, 2.24) is 14.6 Å². The van der Waals surface area contributed by atoms with Crippen LogP contribution in [0, 0.1) is 0 Å². The largest absolute Gasteiger partial charge is 0.296 e. The quantitative estimate of drug-likeness (QED) is 0.688. The van der Waals surface area contributed by atoms with Crippen LogP contribution in [0.5, 0.6) is 0 Å². The zero-order valence-electron chi connectivity index (χ0n) is 5.94. The predicted octanol–water partition coefficient (Wildman–Crippen LogP) is 1.30. The number of halogens is 1. The second-order valence-corrected chi connectivity index (χ2v) is 2.95. The number of rotatable bonds is 1. The number of hydrogen-bond acceptors (Lipinski definition) is 3. The van der Waals surface area contributed by atoms with E-state index in [9.17, 15) is 4.79 Å². The molecule has 0 bridgehead atoms. The van der Waals surface area contributed by atoms with E-state index in [1.54, 1.807) is 22.8 Å². The topological polar surface area (TPSA) is 47.3 Å². The highest BCUT2D eigenvalue weighted by molar-refractivity contribution is 9.10. The highest BCUT2D eigenvalue weighted by Gasteiger charge is 2.07. The van der Waals surface area contributed by atoms with Gasteiger partial charge in [0.05, 0.1) is 0 Å². The number of fused-ring (bicyclic) bond motifs is 1. The van der Waals surface area contributed by atoms with Crippen LogP contribution in [0.25, 0.3) is 5.65 Å². The van der Waals surface area contributed by atoms with Crippen LogP contribution in [-0.4, -0.2) is 20.9 Å². The molecule has 0 saturated carbocycles. The summed E-state index contributed by atoms with van der Waals surface area (Å²) in [5, 5.41) is 4.00. The fourth-order valence-corrected chi connectivity index (χ4v) is 1.41.